The Morgan fingerprint density at radius 1 is 1.24 bits per heavy atom. The molecule has 33 heavy (non-hydrogen) atoms. The van der Waals surface area contributed by atoms with Gasteiger partial charge in [-0.15, -0.1) is 0 Å². The van der Waals surface area contributed by atoms with Crippen molar-refractivity contribution in [1.82, 2.24) is 19.5 Å². The van der Waals surface area contributed by atoms with Gasteiger partial charge in [0.2, 0.25) is 0 Å². The number of hydrogen-bond acceptors (Lipinski definition) is 11. The van der Waals surface area contributed by atoms with Gasteiger partial charge in [-0.05, 0) is 6.92 Å². The minimum Gasteiger partial charge on any atom is -0.384 e. The van der Waals surface area contributed by atoms with Crippen LogP contribution in [0, 0.1) is 6.92 Å². The number of ether oxygens (including phenoxy) is 1. The van der Waals surface area contributed by atoms with Gasteiger partial charge in [-0.2, -0.15) is 8.62 Å². The van der Waals surface area contributed by atoms with Crippen LogP contribution in [0.5, 0.6) is 0 Å². The molecule has 6 atom stereocenters. The molecule has 3 rings (SSSR count). The van der Waals surface area contributed by atoms with E-state index >= 15 is 4.39 Å². The lowest BCUT2D eigenvalue weighted by Gasteiger charge is -2.24. The van der Waals surface area contributed by atoms with Crippen molar-refractivity contribution >= 4 is 34.6 Å². The molecule has 0 saturated carbocycles. The summed E-state index contributed by atoms with van der Waals surface area (Å²) < 4.78 is 79.9. The average Bonchev–Trinajstić information content (AvgIpc) is 3.12. The quantitative estimate of drug-likeness (QED) is 0.233. The molecule has 0 radical (unpaired) electrons. The molecule has 3 heterocycles. The molecule has 2 aromatic heterocycles. The van der Waals surface area contributed by atoms with E-state index in [-0.39, 0.29) is 17.0 Å². The van der Waals surface area contributed by atoms with Crippen molar-refractivity contribution in [2.75, 3.05) is 6.61 Å². The summed E-state index contributed by atoms with van der Waals surface area (Å²) >= 11 is 0. The number of aromatic amines is 1. The van der Waals surface area contributed by atoms with Gasteiger partial charge in [-0.25, -0.2) is 32.4 Å². The minimum absolute atomic E-state index is 0.0855. The summed E-state index contributed by atoms with van der Waals surface area (Å²) in [4.78, 5) is 57.3. The Morgan fingerprint density at radius 2 is 1.88 bits per heavy atom. The number of aryl methyl sites for hydroxylation is 1. The number of aliphatic hydroxyl groups is 1. The van der Waals surface area contributed by atoms with Gasteiger partial charge in [0.05, 0.1) is 6.33 Å². The topological polar surface area (TPSA) is 253 Å². The number of aliphatic hydroxyl groups excluding tert-OH is 1. The van der Waals surface area contributed by atoms with E-state index in [0.29, 0.717) is 0 Å². The van der Waals surface area contributed by atoms with Crippen LogP contribution in [0.15, 0.2) is 11.1 Å². The maximum absolute atomic E-state index is 15.1. The molecule has 2 unspecified atom stereocenters. The third-order valence-electron chi connectivity index (χ3n) is 4.00. The number of phosphoric acid groups is 3. The van der Waals surface area contributed by atoms with Crippen LogP contribution in [0.25, 0.3) is 11.2 Å². The third kappa shape index (κ3) is 5.79. The van der Waals surface area contributed by atoms with Crippen LogP contribution in [0.3, 0.4) is 0 Å². The normalized spacial score (nSPS) is 29.8. The minimum atomic E-state index is -5.89. The number of rotatable bonds is 8. The van der Waals surface area contributed by atoms with Crippen molar-refractivity contribution < 1.29 is 65.0 Å². The van der Waals surface area contributed by atoms with Gasteiger partial charge in [0, 0.05) is 0 Å². The van der Waals surface area contributed by atoms with E-state index in [2.05, 4.69) is 28.1 Å². The van der Waals surface area contributed by atoms with Gasteiger partial charge in [0.15, 0.2) is 29.7 Å². The highest BCUT2D eigenvalue weighted by atomic mass is 31.3. The van der Waals surface area contributed by atoms with E-state index < -0.39 is 60.0 Å². The molecule has 0 amide bonds. The fourth-order valence-corrected chi connectivity index (χ4v) is 5.79. The number of imidazole rings is 1. The lowest BCUT2D eigenvalue weighted by Crippen LogP contribution is -2.41. The van der Waals surface area contributed by atoms with E-state index in [1.54, 1.807) is 0 Å². The predicted octanol–water partition coefficient (Wildman–Crippen LogP) is -0.335. The van der Waals surface area contributed by atoms with Crippen molar-refractivity contribution in [2.24, 2.45) is 0 Å². The Hall–Kier alpha value is -1.46. The molecule has 1 saturated heterocycles. The van der Waals surface area contributed by atoms with Gasteiger partial charge in [0.1, 0.15) is 12.4 Å². The zero-order valence-electron chi connectivity index (χ0n) is 16.0. The molecule has 1 fully saturated rings. The van der Waals surface area contributed by atoms with Crippen LogP contribution in [0.2, 0.25) is 0 Å². The second-order valence-corrected chi connectivity index (χ2v) is 10.9. The summed E-state index contributed by atoms with van der Waals surface area (Å²) in [6, 6.07) is 0. The number of hydrogen-bond donors (Lipinski definition) is 6. The Labute approximate surface area is 180 Å². The average molecular weight is 542 g/mol. The number of nitrogens with zero attached hydrogens (tertiary/aromatic N) is 3. The Balaban J connectivity index is 1.79. The number of halogens is 2. The van der Waals surface area contributed by atoms with Crippen LogP contribution < -0.4 is 5.56 Å². The fourth-order valence-electron chi connectivity index (χ4n) is 2.75. The zero-order chi connectivity index (χ0) is 25.0. The first kappa shape index (κ1) is 26.2. The summed E-state index contributed by atoms with van der Waals surface area (Å²) in [6.07, 6.45) is -6.34. The fraction of sp³-hybridized carbons (Fsp3) is 0.545. The van der Waals surface area contributed by atoms with Gasteiger partial charge >= 0.3 is 23.5 Å². The molecule has 22 heteroatoms. The maximum Gasteiger partial charge on any atom is 0.490 e. The smallest absolute Gasteiger partial charge is 0.384 e. The van der Waals surface area contributed by atoms with Gasteiger partial charge < -0.3 is 34.4 Å². The first-order valence-electron chi connectivity index (χ1n) is 8.34. The molecular formula is C11H15F2N4O13P3. The Bertz CT molecular complexity index is 1260. The summed E-state index contributed by atoms with van der Waals surface area (Å²) in [5, 5.41) is 9.93. The molecule has 0 aliphatic carbocycles. The second kappa shape index (κ2) is 8.64. The van der Waals surface area contributed by atoms with E-state index in [1.165, 1.54) is 6.92 Å². The molecule has 0 spiro atoms. The molecule has 17 nitrogen and oxygen atoms in total. The third-order valence-corrected chi connectivity index (χ3v) is 7.78. The summed E-state index contributed by atoms with van der Waals surface area (Å²) in [7, 11) is -17.3. The second-order valence-electron chi connectivity index (χ2n) is 6.52. The molecule has 2 aromatic rings. The summed E-state index contributed by atoms with van der Waals surface area (Å²) in [6.45, 7) is -0.383. The predicted molar refractivity (Wildman–Crippen MR) is 97.6 cm³/mol. The largest absolute Gasteiger partial charge is 0.490 e. The van der Waals surface area contributed by atoms with Crippen LogP contribution in [-0.4, -0.2) is 68.9 Å². The van der Waals surface area contributed by atoms with Crippen LogP contribution >= 0.6 is 23.5 Å². The Kier molecular flexibility index (Phi) is 6.85. The van der Waals surface area contributed by atoms with Gasteiger partial charge in [-0.1, -0.05) is 0 Å². The number of alkyl halides is 2. The first-order valence-corrected chi connectivity index (χ1v) is 12.9. The molecule has 1 aliphatic heterocycles. The van der Waals surface area contributed by atoms with Gasteiger partial charge in [-0.3, -0.25) is 13.9 Å². The monoisotopic (exact) mass is 542 g/mol. The van der Waals surface area contributed by atoms with E-state index in [4.69, 9.17) is 19.4 Å². The standard InChI is InChI=1S/C11H15F2N4O13P3/c1-4-15-8-6(9(19)16-4)14-3-17(8)10-5(12)7(18)11(13,28-10)2-27-32(23,24)30-33(25,26)29-31(20,21)22/h3,5,7,10,18H,2H2,1H3,(H,23,24)(H,25,26)(H,15,16,19)(H2,20,21,22)/t5-,7+,10-,11-/m1/s1. The van der Waals surface area contributed by atoms with Crippen LogP contribution in [0.1, 0.15) is 12.1 Å². The van der Waals surface area contributed by atoms with Crippen molar-refractivity contribution in [3.05, 3.63) is 22.5 Å². The molecule has 0 aromatic carbocycles. The molecule has 186 valence electrons. The van der Waals surface area contributed by atoms with Crippen LogP contribution in [-0.2, 0) is 31.6 Å². The van der Waals surface area contributed by atoms with Gasteiger partial charge in [0.25, 0.3) is 11.4 Å². The van der Waals surface area contributed by atoms with E-state index in [9.17, 15) is 32.9 Å². The molecule has 0 bridgehead atoms. The van der Waals surface area contributed by atoms with Crippen molar-refractivity contribution in [1.29, 1.82) is 0 Å². The van der Waals surface area contributed by atoms with Crippen molar-refractivity contribution in [3.8, 4) is 0 Å². The highest BCUT2D eigenvalue weighted by molar-refractivity contribution is 7.66. The highest BCUT2D eigenvalue weighted by Gasteiger charge is 2.58. The first-order chi connectivity index (χ1) is 14.9. The summed E-state index contributed by atoms with van der Waals surface area (Å²) in [5.74, 6) is -3.47. The van der Waals surface area contributed by atoms with Crippen LogP contribution in [0.4, 0.5) is 8.78 Å². The number of nitrogens with one attached hydrogen (secondary N) is 1. The lowest BCUT2D eigenvalue weighted by molar-refractivity contribution is -0.203. The number of aromatic nitrogens is 4. The number of phosphoric ester groups is 1. The highest BCUT2D eigenvalue weighted by Crippen LogP contribution is 2.66. The molecular weight excluding hydrogens is 527 g/mol. The van der Waals surface area contributed by atoms with E-state index in [1.807, 2.05) is 0 Å². The summed E-state index contributed by atoms with van der Waals surface area (Å²) in [5.41, 5.74) is -1.21. The SMILES string of the molecule is Cc1nc2c(ncn2[C@@H]2O[C@](F)(COP(=O)(O)OP(=O)(O)OP(=O)(O)O)[C@@H](O)[C@H]2F)c(=O)[nH]1. The Morgan fingerprint density at radius 3 is 2.48 bits per heavy atom. The zero-order valence-corrected chi connectivity index (χ0v) is 18.6. The molecule has 6 N–H and O–H groups in total. The van der Waals surface area contributed by atoms with E-state index in [0.717, 1.165) is 10.9 Å². The lowest BCUT2D eigenvalue weighted by atomic mass is 10.1. The molecule has 1 aliphatic rings. The number of fused-ring (bicyclic) bond motifs is 1. The number of H-pyrrole nitrogens is 1. The maximum atomic E-state index is 15.1. The van der Waals surface area contributed by atoms with Crippen molar-refractivity contribution in [2.45, 2.75) is 31.3 Å². The van der Waals surface area contributed by atoms with Crippen molar-refractivity contribution in [3.63, 3.8) is 0 Å².